The first-order valence-electron chi connectivity index (χ1n) is 10.2. The number of nitrogens with zero attached hydrogens (tertiary/aromatic N) is 6. The highest BCUT2D eigenvalue weighted by molar-refractivity contribution is 6.29. The number of morpholine rings is 1. The van der Waals surface area contributed by atoms with Crippen LogP contribution in [0.1, 0.15) is 34.8 Å². The quantitative estimate of drug-likeness (QED) is 0.655. The summed E-state index contributed by atoms with van der Waals surface area (Å²) in [5.41, 5.74) is 2.30. The number of aromatic nitrogens is 4. The van der Waals surface area contributed by atoms with Crippen molar-refractivity contribution in [1.82, 2.24) is 19.9 Å². The molecule has 1 N–H and O–H groups in total. The molecule has 0 bridgehead atoms. The van der Waals surface area contributed by atoms with Crippen molar-refractivity contribution >= 4 is 40.2 Å². The highest BCUT2D eigenvalue weighted by Crippen LogP contribution is 2.38. The third kappa shape index (κ3) is 3.86. The van der Waals surface area contributed by atoms with Crippen molar-refractivity contribution in [3.05, 3.63) is 47.0 Å². The Balaban J connectivity index is 1.63. The van der Waals surface area contributed by atoms with E-state index in [2.05, 4.69) is 24.8 Å². The van der Waals surface area contributed by atoms with Crippen molar-refractivity contribution in [2.75, 3.05) is 42.6 Å². The summed E-state index contributed by atoms with van der Waals surface area (Å²) in [6.07, 6.45) is 6.66. The number of aromatic carboxylic acids is 1. The summed E-state index contributed by atoms with van der Waals surface area (Å²) < 4.78 is 5.44. The molecule has 1 aromatic carbocycles. The van der Waals surface area contributed by atoms with Crippen molar-refractivity contribution in [3.63, 3.8) is 0 Å². The molecule has 4 heterocycles. The lowest BCUT2D eigenvalue weighted by Gasteiger charge is -2.29. The lowest BCUT2D eigenvalue weighted by atomic mass is 9.99. The van der Waals surface area contributed by atoms with Gasteiger partial charge in [0.2, 0.25) is 0 Å². The Morgan fingerprint density at radius 1 is 1.10 bits per heavy atom. The van der Waals surface area contributed by atoms with Gasteiger partial charge >= 0.3 is 5.97 Å². The van der Waals surface area contributed by atoms with Gasteiger partial charge in [0.1, 0.15) is 16.8 Å². The number of carbonyl (C=O) groups is 1. The maximum Gasteiger partial charge on any atom is 0.335 e. The largest absolute Gasteiger partial charge is 0.478 e. The van der Waals surface area contributed by atoms with Crippen molar-refractivity contribution in [2.45, 2.75) is 18.9 Å². The van der Waals surface area contributed by atoms with Gasteiger partial charge < -0.3 is 19.6 Å². The molecule has 5 rings (SSSR count). The summed E-state index contributed by atoms with van der Waals surface area (Å²) in [6.45, 7) is 3.56. The molecule has 2 aromatic heterocycles. The van der Waals surface area contributed by atoms with Gasteiger partial charge in [0.05, 0.1) is 54.4 Å². The number of carboxylic acids is 1. The van der Waals surface area contributed by atoms with Crippen LogP contribution in [0.4, 0.5) is 11.6 Å². The molecule has 2 aliphatic rings. The minimum Gasteiger partial charge on any atom is -0.478 e. The Kier molecular flexibility index (Phi) is 5.29. The molecule has 31 heavy (non-hydrogen) atoms. The third-order valence-electron chi connectivity index (χ3n) is 5.75. The maximum absolute atomic E-state index is 11.8. The number of rotatable bonds is 4. The van der Waals surface area contributed by atoms with Crippen LogP contribution >= 0.6 is 11.6 Å². The first kappa shape index (κ1) is 19.9. The SMILES string of the molecule is O=C(O)c1cc(C2CCCN2c2cncc(Cl)n2)c2nc(N3CCOCC3)cnc2c1. The summed E-state index contributed by atoms with van der Waals surface area (Å²) in [4.78, 5) is 34.1. The highest BCUT2D eigenvalue weighted by atomic mass is 35.5. The van der Waals surface area contributed by atoms with Crippen LogP contribution in [0.5, 0.6) is 0 Å². The summed E-state index contributed by atoms with van der Waals surface area (Å²) >= 11 is 6.07. The van der Waals surface area contributed by atoms with Gasteiger partial charge in [-0.05, 0) is 25.0 Å². The van der Waals surface area contributed by atoms with Gasteiger partial charge in [0.15, 0.2) is 0 Å². The predicted octanol–water partition coefficient (Wildman–Crippen LogP) is 2.95. The molecule has 1 atom stereocenters. The number of anilines is 2. The Bertz CT molecular complexity index is 1140. The first-order valence-corrected chi connectivity index (χ1v) is 10.6. The molecule has 1 unspecified atom stereocenters. The number of fused-ring (bicyclic) bond motifs is 1. The van der Waals surface area contributed by atoms with E-state index < -0.39 is 5.97 Å². The molecular weight excluding hydrogens is 420 g/mol. The van der Waals surface area contributed by atoms with Gasteiger partial charge in [-0.2, -0.15) is 0 Å². The Hall–Kier alpha value is -3.04. The van der Waals surface area contributed by atoms with Crippen molar-refractivity contribution < 1.29 is 14.6 Å². The number of halogens is 1. The number of carboxylic acid groups (broad SMARTS) is 1. The van der Waals surface area contributed by atoms with E-state index in [1.165, 1.54) is 6.20 Å². The number of hydrogen-bond acceptors (Lipinski definition) is 8. The predicted molar refractivity (Wildman–Crippen MR) is 116 cm³/mol. The molecule has 0 amide bonds. The molecule has 2 aliphatic heterocycles. The molecule has 0 saturated carbocycles. The molecule has 10 heteroatoms. The van der Waals surface area contributed by atoms with Crippen molar-refractivity contribution in [2.24, 2.45) is 0 Å². The van der Waals surface area contributed by atoms with Crippen LogP contribution in [0, 0.1) is 0 Å². The van der Waals surface area contributed by atoms with Gasteiger partial charge in [-0.15, -0.1) is 0 Å². The van der Waals surface area contributed by atoms with Gasteiger partial charge in [-0.25, -0.2) is 14.8 Å². The Morgan fingerprint density at radius 3 is 2.71 bits per heavy atom. The second-order valence-corrected chi connectivity index (χ2v) is 8.00. The molecule has 0 aliphatic carbocycles. The summed E-state index contributed by atoms with van der Waals surface area (Å²) in [5.74, 6) is 0.447. The minimum absolute atomic E-state index is 0.0937. The zero-order chi connectivity index (χ0) is 21.4. The fourth-order valence-electron chi connectivity index (χ4n) is 4.29. The molecule has 3 aromatic rings. The average molecular weight is 441 g/mol. The zero-order valence-electron chi connectivity index (χ0n) is 16.7. The van der Waals surface area contributed by atoms with Crippen LogP contribution in [0.25, 0.3) is 11.0 Å². The second-order valence-electron chi connectivity index (χ2n) is 7.62. The van der Waals surface area contributed by atoms with E-state index >= 15 is 0 Å². The van der Waals surface area contributed by atoms with Crippen molar-refractivity contribution in [1.29, 1.82) is 0 Å². The lowest BCUT2D eigenvalue weighted by Crippen LogP contribution is -2.36. The molecule has 0 spiro atoms. The van der Waals surface area contributed by atoms with Crippen molar-refractivity contribution in [3.8, 4) is 0 Å². The van der Waals surface area contributed by atoms with E-state index in [1.807, 2.05) is 0 Å². The van der Waals surface area contributed by atoms with E-state index in [4.69, 9.17) is 21.3 Å². The van der Waals surface area contributed by atoms with Gasteiger partial charge in [0.25, 0.3) is 0 Å². The summed E-state index contributed by atoms with van der Waals surface area (Å²) in [5, 5.41) is 9.99. The lowest BCUT2D eigenvalue weighted by molar-refractivity contribution is 0.0697. The van der Waals surface area contributed by atoms with E-state index in [9.17, 15) is 9.90 Å². The zero-order valence-corrected chi connectivity index (χ0v) is 17.5. The smallest absolute Gasteiger partial charge is 0.335 e. The minimum atomic E-state index is -0.991. The van der Waals surface area contributed by atoms with E-state index in [-0.39, 0.29) is 11.6 Å². The second kappa shape index (κ2) is 8.24. The molecular formula is C21H21ClN6O3. The number of hydrogen-bond donors (Lipinski definition) is 1. The van der Waals surface area contributed by atoms with Crippen LogP contribution in [0.15, 0.2) is 30.7 Å². The van der Waals surface area contributed by atoms with Crippen LogP contribution in [0.2, 0.25) is 5.15 Å². The summed E-state index contributed by atoms with van der Waals surface area (Å²) in [6, 6.07) is 3.20. The van der Waals surface area contributed by atoms with Gasteiger partial charge in [-0.3, -0.25) is 9.97 Å². The van der Waals surface area contributed by atoms with Crippen LogP contribution in [-0.4, -0.2) is 63.9 Å². The highest BCUT2D eigenvalue weighted by Gasteiger charge is 2.31. The Morgan fingerprint density at radius 2 is 1.94 bits per heavy atom. The molecule has 160 valence electrons. The average Bonchev–Trinajstić information content (AvgIpc) is 3.28. The number of benzene rings is 1. The van der Waals surface area contributed by atoms with Gasteiger partial charge in [-0.1, -0.05) is 11.6 Å². The summed E-state index contributed by atoms with van der Waals surface area (Å²) in [7, 11) is 0. The van der Waals surface area contributed by atoms with E-state index in [0.717, 1.165) is 43.9 Å². The van der Waals surface area contributed by atoms with Crippen LogP contribution < -0.4 is 9.80 Å². The van der Waals surface area contributed by atoms with Crippen LogP contribution in [-0.2, 0) is 4.74 Å². The maximum atomic E-state index is 11.8. The molecule has 2 saturated heterocycles. The monoisotopic (exact) mass is 440 g/mol. The third-order valence-corrected chi connectivity index (χ3v) is 5.93. The molecule has 9 nitrogen and oxygen atoms in total. The molecule has 0 radical (unpaired) electrons. The fraction of sp³-hybridized carbons (Fsp3) is 0.381. The fourth-order valence-corrected chi connectivity index (χ4v) is 4.43. The standard InChI is InChI=1S/C21H21ClN6O3/c22-17-10-23-11-19(25-17)28-3-1-2-16(28)14-8-13(21(29)30)9-15-20(14)26-18(12-24-15)27-4-6-31-7-5-27/h8-12,16H,1-7H2,(H,29,30). The molecule has 2 fully saturated rings. The number of ether oxygens (including phenoxy) is 1. The van der Waals surface area contributed by atoms with Crippen LogP contribution in [0.3, 0.4) is 0 Å². The normalized spacial score (nSPS) is 19.2. The van der Waals surface area contributed by atoms with E-state index in [1.54, 1.807) is 24.5 Å². The van der Waals surface area contributed by atoms with Gasteiger partial charge in [0, 0.05) is 25.2 Å². The van der Waals surface area contributed by atoms with E-state index in [0.29, 0.717) is 35.2 Å². The Labute approximate surface area is 183 Å². The first-order chi connectivity index (χ1) is 15.1. The topological polar surface area (TPSA) is 105 Å².